The van der Waals surface area contributed by atoms with Gasteiger partial charge in [0, 0.05) is 12.1 Å². The number of rotatable bonds is 2. The molecule has 0 aliphatic heterocycles. The SMILES string of the molecule is Cc1nc(NC2CCC(C)C2C)cc2n[nH]c(=O)n12. The number of aryl methyl sites for hydroxylation is 1. The van der Waals surface area contributed by atoms with Gasteiger partial charge in [0.2, 0.25) is 0 Å². The first-order chi connectivity index (χ1) is 9.06. The van der Waals surface area contributed by atoms with Crippen molar-refractivity contribution in [3.8, 4) is 0 Å². The minimum absolute atomic E-state index is 0.241. The number of nitrogens with one attached hydrogen (secondary N) is 2. The van der Waals surface area contributed by atoms with E-state index in [4.69, 9.17) is 0 Å². The van der Waals surface area contributed by atoms with Gasteiger partial charge < -0.3 is 5.32 Å². The van der Waals surface area contributed by atoms with Gasteiger partial charge in [-0.05, 0) is 31.6 Å². The van der Waals surface area contributed by atoms with Crippen LogP contribution in [0, 0.1) is 18.8 Å². The summed E-state index contributed by atoms with van der Waals surface area (Å²) < 4.78 is 1.48. The number of fused-ring (bicyclic) bond motifs is 1. The van der Waals surface area contributed by atoms with Crippen molar-refractivity contribution in [3.63, 3.8) is 0 Å². The van der Waals surface area contributed by atoms with Gasteiger partial charge in [0.25, 0.3) is 0 Å². The minimum atomic E-state index is -0.241. The van der Waals surface area contributed by atoms with E-state index in [0.29, 0.717) is 23.4 Å². The maximum atomic E-state index is 11.5. The number of aromatic nitrogens is 4. The Labute approximate surface area is 111 Å². The van der Waals surface area contributed by atoms with Gasteiger partial charge in [0.05, 0.1) is 0 Å². The second-order valence-electron chi connectivity index (χ2n) is 5.58. The highest BCUT2D eigenvalue weighted by molar-refractivity contribution is 5.50. The second kappa shape index (κ2) is 4.36. The molecule has 3 unspecified atom stereocenters. The van der Waals surface area contributed by atoms with Crippen LogP contribution in [0.2, 0.25) is 0 Å². The molecule has 6 heteroatoms. The lowest BCUT2D eigenvalue weighted by molar-refractivity contribution is 0.435. The van der Waals surface area contributed by atoms with E-state index < -0.39 is 0 Å². The van der Waals surface area contributed by atoms with Crippen LogP contribution >= 0.6 is 0 Å². The summed E-state index contributed by atoms with van der Waals surface area (Å²) in [5.74, 6) is 2.84. The van der Waals surface area contributed by atoms with Crippen molar-refractivity contribution in [2.45, 2.75) is 39.7 Å². The number of nitrogens with zero attached hydrogens (tertiary/aromatic N) is 3. The number of H-pyrrole nitrogens is 1. The van der Waals surface area contributed by atoms with Gasteiger partial charge in [0.1, 0.15) is 11.6 Å². The quantitative estimate of drug-likeness (QED) is 0.860. The average Bonchev–Trinajstić information content (AvgIpc) is 2.88. The van der Waals surface area contributed by atoms with Gasteiger partial charge in [-0.3, -0.25) is 0 Å². The van der Waals surface area contributed by atoms with Gasteiger partial charge >= 0.3 is 5.69 Å². The number of hydrogen-bond donors (Lipinski definition) is 2. The number of anilines is 1. The molecule has 19 heavy (non-hydrogen) atoms. The zero-order chi connectivity index (χ0) is 13.6. The predicted octanol–water partition coefficient (Wildman–Crippen LogP) is 1.57. The Balaban J connectivity index is 1.92. The molecule has 102 valence electrons. The lowest BCUT2D eigenvalue weighted by Crippen LogP contribution is -2.25. The lowest BCUT2D eigenvalue weighted by atomic mass is 9.98. The molecule has 0 saturated heterocycles. The first-order valence-corrected chi connectivity index (χ1v) is 6.77. The second-order valence-corrected chi connectivity index (χ2v) is 5.58. The molecule has 1 aliphatic rings. The number of aromatic amines is 1. The molecule has 0 spiro atoms. The van der Waals surface area contributed by atoms with Crippen LogP contribution in [-0.4, -0.2) is 25.6 Å². The first-order valence-electron chi connectivity index (χ1n) is 6.77. The molecular formula is C13H19N5O. The molecule has 1 fully saturated rings. The molecule has 2 N–H and O–H groups in total. The van der Waals surface area contributed by atoms with Crippen LogP contribution in [0.5, 0.6) is 0 Å². The molecule has 0 amide bonds. The molecule has 0 aromatic carbocycles. The Morgan fingerprint density at radius 2 is 2.21 bits per heavy atom. The van der Waals surface area contributed by atoms with Crippen LogP contribution in [0.3, 0.4) is 0 Å². The summed E-state index contributed by atoms with van der Waals surface area (Å²) in [6, 6.07) is 2.27. The third-order valence-electron chi connectivity index (χ3n) is 4.37. The summed E-state index contributed by atoms with van der Waals surface area (Å²) in [4.78, 5) is 16.0. The molecule has 2 aromatic heterocycles. The standard InChI is InChI=1S/C13H19N5O/c1-7-4-5-10(8(7)2)15-11-6-12-16-17-13(19)18(12)9(3)14-11/h6-8,10,15H,4-5H2,1-3H3,(H,17,19). The smallest absolute Gasteiger partial charge is 0.349 e. The van der Waals surface area contributed by atoms with E-state index >= 15 is 0 Å². The van der Waals surface area contributed by atoms with Crippen LogP contribution in [0.25, 0.3) is 5.65 Å². The fraction of sp³-hybridized carbons (Fsp3) is 0.615. The summed E-state index contributed by atoms with van der Waals surface area (Å²) in [6.07, 6.45) is 2.42. The molecule has 2 heterocycles. The molecule has 0 radical (unpaired) electrons. The van der Waals surface area contributed by atoms with Crippen molar-refractivity contribution in [2.75, 3.05) is 5.32 Å². The van der Waals surface area contributed by atoms with Crippen molar-refractivity contribution in [1.82, 2.24) is 19.6 Å². The first kappa shape index (κ1) is 12.2. The fourth-order valence-corrected chi connectivity index (χ4v) is 2.93. The predicted molar refractivity (Wildman–Crippen MR) is 73.3 cm³/mol. The average molecular weight is 261 g/mol. The van der Waals surface area contributed by atoms with E-state index in [1.165, 1.54) is 17.2 Å². The Bertz CT molecular complexity index is 659. The van der Waals surface area contributed by atoms with Crippen LogP contribution in [0.1, 0.15) is 32.5 Å². The maximum absolute atomic E-state index is 11.5. The largest absolute Gasteiger partial charge is 0.367 e. The minimum Gasteiger partial charge on any atom is -0.367 e. The number of hydrogen-bond acceptors (Lipinski definition) is 4. The van der Waals surface area contributed by atoms with Crippen molar-refractivity contribution < 1.29 is 0 Å². The van der Waals surface area contributed by atoms with E-state index in [1.54, 1.807) is 0 Å². The molecule has 3 rings (SSSR count). The topological polar surface area (TPSA) is 75.1 Å². The van der Waals surface area contributed by atoms with E-state index in [9.17, 15) is 4.79 Å². The van der Waals surface area contributed by atoms with Crippen molar-refractivity contribution in [1.29, 1.82) is 0 Å². The third-order valence-corrected chi connectivity index (χ3v) is 4.37. The highest BCUT2D eigenvalue weighted by atomic mass is 16.1. The summed E-state index contributed by atoms with van der Waals surface area (Å²) >= 11 is 0. The normalized spacial score (nSPS) is 27.0. The molecule has 2 aromatic rings. The maximum Gasteiger partial charge on any atom is 0.349 e. The molecule has 1 saturated carbocycles. The summed E-state index contributed by atoms with van der Waals surface area (Å²) in [5.41, 5.74) is 0.369. The highest BCUT2D eigenvalue weighted by Crippen LogP contribution is 2.32. The van der Waals surface area contributed by atoms with Crippen LogP contribution in [0.4, 0.5) is 5.82 Å². The van der Waals surface area contributed by atoms with Gasteiger partial charge in [-0.1, -0.05) is 13.8 Å². The Kier molecular flexibility index (Phi) is 2.80. The van der Waals surface area contributed by atoms with Crippen LogP contribution in [-0.2, 0) is 0 Å². The Morgan fingerprint density at radius 1 is 1.42 bits per heavy atom. The summed E-state index contributed by atoms with van der Waals surface area (Å²) in [5, 5.41) is 9.92. The molecule has 1 aliphatic carbocycles. The molecule has 6 nitrogen and oxygen atoms in total. The van der Waals surface area contributed by atoms with Crippen molar-refractivity contribution in [3.05, 3.63) is 22.4 Å². The molecular weight excluding hydrogens is 242 g/mol. The zero-order valence-corrected chi connectivity index (χ0v) is 11.5. The third kappa shape index (κ3) is 2.01. The van der Waals surface area contributed by atoms with Crippen molar-refractivity contribution >= 4 is 11.5 Å². The Morgan fingerprint density at radius 3 is 2.89 bits per heavy atom. The lowest BCUT2D eigenvalue weighted by Gasteiger charge is -2.20. The summed E-state index contributed by atoms with van der Waals surface area (Å²) in [7, 11) is 0. The van der Waals surface area contributed by atoms with Gasteiger partial charge in [0.15, 0.2) is 5.65 Å². The summed E-state index contributed by atoms with van der Waals surface area (Å²) in [6.45, 7) is 6.39. The van der Waals surface area contributed by atoms with Gasteiger partial charge in [-0.25, -0.2) is 19.3 Å². The van der Waals surface area contributed by atoms with Gasteiger partial charge in [-0.2, -0.15) is 5.10 Å². The monoisotopic (exact) mass is 261 g/mol. The molecule has 3 atom stereocenters. The van der Waals surface area contributed by atoms with E-state index in [2.05, 4.69) is 34.3 Å². The van der Waals surface area contributed by atoms with Crippen LogP contribution in [0.15, 0.2) is 10.9 Å². The molecule has 0 bridgehead atoms. The van der Waals surface area contributed by atoms with Crippen molar-refractivity contribution in [2.24, 2.45) is 11.8 Å². The zero-order valence-electron chi connectivity index (χ0n) is 11.5. The highest BCUT2D eigenvalue weighted by Gasteiger charge is 2.29. The van der Waals surface area contributed by atoms with E-state index in [-0.39, 0.29) is 5.69 Å². The van der Waals surface area contributed by atoms with Crippen LogP contribution < -0.4 is 11.0 Å². The van der Waals surface area contributed by atoms with Gasteiger partial charge in [-0.15, -0.1) is 0 Å². The van der Waals surface area contributed by atoms with E-state index in [1.807, 2.05) is 13.0 Å². The Hall–Kier alpha value is -1.85. The van der Waals surface area contributed by atoms with E-state index in [0.717, 1.165) is 11.7 Å². The fourth-order valence-electron chi connectivity index (χ4n) is 2.93.